The minimum absolute atomic E-state index is 0.00195. The van der Waals surface area contributed by atoms with Crippen molar-refractivity contribution in [1.82, 2.24) is 15.1 Å². The highest BCUT2D eigenvalue weighted by Crippen LogP contribution is 2.35. The Morgan fingerprint density at radius 1 is 1.06 bits per heavy atom. The minimum atomic E-state index is -0.674. The zero-order chi connectivity index (χ0) is 24.1. The Labute approximate surface area is 196 Å². The summed E-state index contributed by atoms with van der Waals surface area (Å²) in [6, 6.07) is 7.08. The summed E-state index contributed by atoms with van der Waals surface area (Å²) in [5.41, 5.74) is 1.99. The maximum absolute atomic E-state index is 13.3. The van der Waals surface area contributed by atoms with E-state index in [1.807, 2.05) is 57.2 Å². The zero-order valence-corrected chi connectivity index (χ0v) is 20.0. The summed E-state index contributed by atoms with van der Waals surface area (Å²) in [4.78, 5) is 54.4. The molecule has 3 rings (SSSR count). The molecule has 178 valence electrons. The standard InChI is InChI=1S/C26H35N3O4/c1-17(2)15-27-24(31)19(4)29(16-20-10-6-5-9-18(20)3)23(30)13-14-28-25(32)21-11-7-8-12-22(21)26(28)33/h5-10,17,19,21-22H,11-16H2,1-4H3,(H,27,31)/t19-,21-,22+/m1/s1. The van der Waals surface area contributed by atoms with Crippen LogP contribution in [0.25, 0.3) is 0 Å². The molecule has 0 spiro atoms. The Hall–Kier alpha value is -2.96. The van der Waals surface area contributed by atoms with Crippen LogP contribution in [0.3, 0.4) is 0 Å². The van der Waals surface area contributed by atoms with Crippen LogP contribution >= 0.6 is 0 Å². The van der Waals surface area contributed by atoms with E-state index in [0.717, 1.165) is 11.1 Å². The number of nitrogens with one attached hydrogen (secondary N) is 1. The van der Waals surface area contributed by atoms with Crippen LogP contribution in [-0.2, 0) is 25.7 Å². The van der Waals surface area contributed by atoms with Crippen LogP contribution in [0.4, 0.5) is 0 Å². The van der Waals surface area contributed by atoms with Gasteiger partial charge in [-0.15, -0.1) is 0 Å². The fourth-order valence-electron chi connectivity index (χ4n) is 4.45. The third kappa shape index (κ3) is 5.70. The third-order valence-electron chi connectivity index (χ3n) is 6.60. The van der Waals surface area contributed by atoms with Crippen LogP contribution in [0.1, 0.15) is 51.2 Å². The van der Waals surface area contributed by atoms with Gasteiger partial charge in [-0.05, 0) is 43.7 Å². The molecule has 1 aromatic carbocycles. The van der Waals surface area contributed by atoms with Gasteiger partial charge in [-0.2, -0.15) is 0 Å². The molecule has 0 aromatic heterocycles. The highest BCUT2D eigenvalue weighted by molar-refractivity contribution is 6.05. The Balaban J connectivity index is 1.71. The second-order valence-electron chi connectivity index (χ2n) is 9.50. The molecule has 0 saturated carbocycles. The molecule has 33 heavy (non-hydrogen) atoms. The second kappa shape index (κ2) is 10.8. The fraction of sp³-hybridized carbons (Fsp3) is 0.538. The number of carbonyl (C=O) groups is 4. The molecule has 1 aliphatic carbocycles. The van der Waals surface area contributed by atoms with Gasteiger partial charge in [0, 0.05) is 26.1 Å². The van der Waals surface area contributed by atoms with Gasteiger partial charge in [0.1, 0.15) is 6.04 Å². The summed E-state index contributed by atoms with van der Waals surface area (Å²) in [7, 11) is 0. The maximum Gasteiger partial charge on any atom is 0.242 e. The highest BCUT2D eigenvalue weighted by atomic mass is 16.2. The van der Waals surface area contributed by atoms with E-state index in [9.17, 15) is 19.2 Å². The van der Waals surface area contributed by atoms with E-state index in [-0.39, 0.29) is 48.4 Å². The molecule has 4 amide bonds. The number of hydrogen-bond donors (Lipinski definition) is 1. The van der Waals surface area contributed by atoms with Crippen molar-refractivity contribution in [2.75, 3.05) is 13.1 Å². The Kier molecular flexibility index (Phi) is 8.06. The topological polar surface area (TPSA) is 86.8 Å². The summed E-state index contributed by atoms with van der Waals surface area (Å²) < 4.78 is 0. The number of hydrogen-bond acceptors (Lipinski definition) is 4. The number of imide groups is 1. The van der Waals surface area contributed by atoms with Crippen molar-refractivity contribution < 1.29 is 19.2 Å². The molecule has 2 aliphatic rings. The molecule has 1 heterocycles. The van der Waals surface area contributed by atoms with Gasteiger partial charge < -0.3 is 10.2 Å². The predicted molar refractivity (Wildman–Crippen MR) is 126 cm³/mol. The number of amides is 4. The number of rotatable bonds is 9. The monoisotopic (exact) mass is 453 g/mol. The fourth-order valence-corrected chi connectivity index (χ4v) is 4.45. The van der Waals surface area contributed by atoms with Crippen molar-refractivity contribution in [2.45, 2.75) is 59.5 Å². The van der Waals surface area contributed by atoms with Crippen LogP contribution in [0.5, 0.6) is 0 Å². The number of carbonyl (C=O) groups excluding carboxylic acids is 4. The first-order valence-corrected chi connectivity index (χ1v) is 11.8. The Morgan fingerprint density at radius 3 is 2.24 bits per heavy atom. The van der Waals surface area contributed by atoms with Crippen molar-refractivity contribution in [3.8, 4) is 0 Å². The normalized spacial score (nSPS) is 20.7. The molecule has 3 atom stereocenters. The van der Waals surface area contributed by atoms with Crippen molar-refractivity contribution in [3.63, 3.8) is 0 Å². The van der Waals surface area contributed by atoms with E-state index >= 15 is 0 Å². The number of fused-ring (bicyclic) bond motifs is 1. The molecular formula is C26H35N3O4. The van der Waals surface area contributed by atoms with Crippen LogP contribution < -0.4 is 5.32 Å². The molecule has 1 aliphatic heterocycles. The highest BCUT2D eigenvalue weighted by Gasteiger charge is 2.47. The van der Waals surface area contributed by atoms with Crippen LogP contribution in [0, 0.1) is 24.7 Å². The van der Waals surface area contributed by atoms with Crippen molar-refractivity contribution >= 4 is 23.6 Å². The number of allylic oxidation sites excluding steroid dienone is 2. The predicted octanol–water partition coefficient (Wildman–Crippen LogP) is 2.83. The Morgan fingerprint density at radius 2 is 1.67 bits per heavy atom. The zero-order valence-electron chi connectivity index (χ0n) is 20.0. The van der Waals surface area contributed by atoms with E-state index in [2.05, 4.69) is 5.32 Å². The lowest BCUT2D eigenvalue weighted by Gasteiger charge is -2.30. The molecule has 0 radical (unpaired) electrons. The summed E-state index contributed by atoms with van der Waals surface area (Å²) in [6.45, 7) is 8.59. The van der Waals surface area contributed by atoms with Crippen LogP contribution in [-0.4, -0.2) is 52.6 Å². The number of likely N-dealkylation sites (tertiary alicyclic amines) is 1. The SMILES string of the molecule is Cc1ccccc1CN(C(=O)CCN1C(=O)[C@H]2CC=CC[C@H]2C1=O)[C@H](C)C(=O)NCC(C)C. The molecule has 0 unspecified atom stereocenters. The lowest BCUT2D eigenvalue weighted by atomic mass is 9.85. The van der Waals surface area contributed by atoms with Gasteiger partial charge in [0.2, 0.25) is 23.6 Å². The summed E-state index contributed by atoms with van der Waals surface area (Å²) in [6.07, 6.45) is 5.04. The molecule has 1 fully saturated rings. The molecule has 7 nitrogen and oxygen atoms in total. The first-order chi connectivity index (χ1) is 15.7. The van der Waals surface area contributed by atoms with Crippen LogP contribution in [0.2, 0.25) is 0 Å². The quantitative estimate of drug-likeness (QED) is 0.460. The van der Waals surface area contributed by atoms with Gasteiger partial charge in [0.25, 0.3) is 0 Å². The molecule has 0 bridgehead atoms. The minimum Gasteiger partial charge on any atom is -0.354 e. The number of nitrogens with zero attached hydrogens (tertiary/aromatic N) is 2. The molecule has 1 aromatic rings. The number of benzene rings is 1. The summed E-state index contributed by atoms with van der Waals surface area (Å²) >= 11 is 0. The van der Waals surface area contributed by atoms with E-state index < -0.39 is 6.04 Å². The lowest BCUT2D eigenvalue weighted by molar-refractivity contribution is -0.143. The molecule has 1 saturated heterocycles. The average molecular weight is 454 g/mol. The van der Waals surface area contributed by atoms with Gasteiger partial charge in [-0.25, -0.2) is 0 Å². The van der Waals surface area contributed by atoms with E-state index in [4.69, 9.17) is 0 Å². The maximum atomic E-state index is 13.3. The van der Waals surface area contributed by atoms with E-state index in [0.29, 0.717) is 31.8 Å². The third-order valence-corrected chi connectivity index (χ3v) is 6.60. The first kappa shape index (κ1) is 24.7. The van der Waals surface area contributed by atoms with Crippen molar-refractivity contribution in [1.29, 1.82) is 0 Å². The van der Waals surface area contributed by atoms with Gasteiger partial charge in [-0.1, -0.05) is 50.3 Å². The van der Waals surface area contributed by atoms with E-state index in [1.54, 1.807) is 11.8 Å². The smallest absolute Gasteiger partial charge is 0.242 e. The summed E-state index contributed by atoms with van der Waals surface area (Å²) in [5, 5.41) is 2.90. The van der Waals surface area contributed by atoms with Crippen molar-refractivity contribution in [3.05, 3.63) is 47.5 Å². The van der Waals surface area contributed by atoms with Gasteiger partial charge in [0.05, 0.1) is 11.8 Å². The Bertz CT molecular complexity index is 913. The molecule has 7 heteroatoms. The van der Waals surface area contributed by atoms with Gasteiger partial charge in [-0.3, -0.25) is 24.1 Å². The number of aryl methyl sites for hydroxylation is 1. The summed E-state index contributed by atoms with van der Waals surface area (Å²) in [5.74, 6) is -1.14. The first-order valence-electron chi connectivity index (χ1n) is 11.8. The van der Waals surface area contributed by atoms with Gasteiger partial charge in [0.15, 0.2) is 0 Å². The second-order valence-corrected chi connectivity index (χ2v) is 9.50. The van der Waals surface area contributed by atoms with Gasteiger partial charge >= 0.3 is 0 Å². The lowest BCUT2D eigenvalue weighted by Crippen LogP contribution is -2.49. The van der Waals surface area contributed by atoms with Crippen LogP contribution in [0.15, 0.2) is 36.4 Å². The largest absolute Gasteiger partial charge is 0.354 e. The van der Waals surface area contributed by atoms with Crippen molar-refractivity contribution in [2.24, 2.45) is 17.8 Å². The van der Waals surface area contributed by atoms with E-state index in [1.165, 1.54) is 4.90 Å². The molecule has 1 N–H and O–H groups in total. The average Bonchev–Trinajstić information content (AvgIpc) is 3.04. The molecular weight excluding hydrogens is 418 g/mol.